The number of aliphatic hydroxyl groups is 1. The topological polar surface area (TPSA) is 180 Å². The third kappa shape index (κ3) is 4.10. The van der Waals surface area contributed by atoms with E-state index in [1.807, 2.05) is 13.0 Å². The van der Waals surface area contributed by atoms with E-state index in [0.29, 0.717) is 12.3 Å². The zero-order chi connectivity index (χ0) is 22.6. The van der Waals surface area contributed by atoms with Crippen molar-refractivity contribution in [2.75, 3.05) is 0 Å². The van der Waals surface area contributed by atoms with Gasteiger partial charge in [0.25, 0.3) is 0 Å². The van der Waals surface area contributed by atoms with Crippen molar-refractivity contribution < 1.29 is 34.8 Å². The maximum atomic E-state index is 11.1. The molecule has 2 rings (SSSR count). The van der Waals surface area contributed by atoms with E-state index >= 15 is 0 Å². The fraction of sp³-hybridized carbons (Fsp3) is 0.650. The van der Waals surface area contributed by atoms with E-state index < -0.39 is 40.6 Å². The van der Waals surface area contributed by atoms with Gasteiger partial charge < -0.3 is 20.4 Å². The minimum Gasteiger partial charge on any atom is -0.481 e. The quantitative estimate of drug-likeness (QED) is 0.497. The average molecular weight is 406 g/mol. The summed E-state index contributed by atoms with van der Waals surface area (Å²) < 4.78 is 0. The van der Waals surface area contributed by atoms with Gasteiger partial charge in [0.15, 0.2) is 10.8 Å². The van der Waals surface area contributed by atoms with Crippen LogP contribution in [0, 0.1) is 44.8 Å². The Bertz CT molecular complexity index is 765. The van der Waals surface area contributed by atoms with Crippen LogP contribution in [0.4, 0.5) is 0 Å². The Balaban J connectivity index is 0.000000296. The molecular weight excluding hydrogens is 380 g/mol. The predicted molar refractivity (Wildman–Crippen MR) is 99.1 cm³/mol. The van der Waals surface area contributed by atoms with Crippen LogP contribution in [-0.4, -0.2) is 44.4 Å². The van der Waals surface area contributed by atoms with Crippen molar-refractivity contribution in [1.29, 1.82) is 10.5 Å². The molecule has 0 aromatic heterocycles. The Morgan fingerprint density at radius 1 is 1.07 bits per heavy atom. The summed E-state index contributed by atoms with van der Waals surface area (Å²) in [4.78, 5) is 32.4. The van der Waals surface area contributed by atoms with Crippen molar-refractivity contribution in [2.24, 2.45) is 22.2 Å². The molecule has 0 heterocycles. The zero-order valence-electron chi connectivity index (χ0n) is 16.7. The van der Waals surface area contributed by atoms with Crippen LogP contribution in [0.25, 0.3) is 0 Å². The average Bonchev–Trinajstić information content (AvgIpc) is 2.61. The molecule has 4 unspecified atom stereocenters. The van der Waals surface area contributed by atoms with E-state index in [9.17, 15) is 19.5 Å². The molecule has 1 saturated carbocycles. The molecule has 4 N–H and O–H groups in total. The lowest BCUT2D eigenvalue weighted by Gasteiger charge is -2.57. The number of aliphatic carboxylic acids is 3. The first-order chi connectivity index (χ1) is 13.3. The van der Waals surface area contributed by atoms with Crippen molar-refractivity contribution >= 4 is 17.9 Å². The van der Waals surface area contributed by atoms with E-state index in [-0.39, 0.29) is 12.5 Å². The van der Waals surface area contributed by atoms with E-state index in [1.54, 1.807) is 12.1 Å². The third-order valence-electron chi connectivity index (χ3n) is 6.39. The highest BCUT2D eigenvalue weighted by Gasteiger charge is 2.77. The third-order valence-corrected chi connectivity index (χ3v) is 6.39. The minimum absolute atomic E-state index is 0.228. The summed E-state index contributed by atoms with van der Waals surface area (Å²) in [5.74, 6) is -3.14. The molecular formula is C20H26N2O7. The van der Waals surface area contributed by atoms with Crippen LogP contribution in [0.1, 0.15) is 52.9 Å². The normalized spacial score (nSPS) is 32.1. The monoisotopic (exact) mass is 406 g/mol. The number of nitrogens with zero attached hydrogens (tertiary/aromatic N) is 2. The number of carbonyl (C=O) groups is 3. The number of hydrogen-bond donors (Lipinski definition) is 4. The fourth-order valence-electron chi connectivity index (χ4n) is 4.03. The molecule has 0 aromatic carbocycles. The molecule has 29 heavy (non-hydrogen) atoms. The number of allylic oxidation sites excluding steroid dienone is 1. The van der Waals surface area contributed by atoms with Gasteiger partial charge >= 0.3 is 17.9 Å². The summed E-state index contributed by atoms with van der Waals surface area (Å²) in [5.41, 5.74) is -3.90. The van der Waals surface area contributed by atoms with Crippen molar-refractivity contribution in [3.05, 3.63) is 11.6 Å². The molecule has 1 fully saturated rings. The van der Waals surface area contributed by atoms with Crippen molar-refractivity contribution in [3.8, 4) is 12.1 Å². The van der Waals surface area contributed by atoms with E-state index in [1.165, 1.54) is 13.8 Å². The van der Waals surface area contributed by atoms with Crippen LogP contribution in [0.2, 0.25) is 0 Å². The van der Waals surface area contributed by atoms with Gasteiger partial charge in [-0.1, -0.05) is 25.5 Å². The fourth-order valence-corrected chi connectivity index (χ4v) is 4.03. The number of aliphatic hydroxyl groups excluding tert-OH is 1. The van der Waals surface area contributed by atoms with Gasteiger partial charge in [-0.3, -0.25) is 14.4 Å². The van der Waals surface area contributed by atoms with Crippen molar-refractivity contribution in [3.63, 3.8) is 0 Å². The Labute approximate surface area is 168 Å². The largest absolute Gasteiger partial charge is 0.481 e. The van der Waals surface area contributed by atoms with Gasteiger partial charge in [-0.2, -0.15) is 10.5 Å². The summed E-state index contributed by atoms with van der Waals surface area (Å²) in [5, 5.41) is 53.6. The molecule has 0 spiro atoms. The number of carboxylic acids is 3. The molecule has 2 aliphatic carbocycles. The second-order valence-electron chi connectivity index (χ2n) is 8.13. The molecule has 2 aliphatic rings. The standard InChI is InChI=1S/C10H10N2O4.C10H16O3/c1-8(2)9(4-11,6(13)14)3-10(8,5-12)7(15)16;1-7-6-9(11)4-2-8(7)3-5-10(12)13/h3H2,1-2H3,(H,13,14)(H,15,16);6,8-9,11H,2-5H2,1H3,(H,12,13). The Hall–Kier alpha value is -2.91. The number of carboxylic acid groups (broad SMARTS) is 3. The van der Waals surface area contributed by atoms with E-state index in [0.717, 1.165) is 18.4 Å². The number of hydrogen-bond acceptors (Lipinski definition) is 6. The Morgan fingerprint density at radius 2 is 1.55 bits per heavy atom. The maximum absolute atomic E-state index is 11.1. The second kappa shape index (κ2) is 8.62. The summed E-state index contributed by atoms with van der Waals surface area (Å²) in [6, 6.07) is 3.27. The number of nitriles is 2. The summed E-state index contributed by atoms with van der Waals surface area (Å²) in [6.07, 6.45) is 3.65. The molecule has 0 amide bonds. The summed E-state index contributed by atoms with van der Waals surface area (Å²) in [6.45, 7) is 4.62. The molecule has 9 nitrogen and oxygen atoms in total. The van der Waals surface area contributed by atoms with Crippen molar-refractivity contribution in [2.45, 2.75) is 59.0 Å². The molecule has 158 valence electrons. The molecule has 0 bridgehead atoms. The Kier molecular flexibility index (Phi) is 7.18. The lowest BCUT2D eigenvalue weighted by atomic mass is 9.38. The lowest BCUT2D eigenvalue weighted by Crippen LogP contribution is -2.68. The first-order valence-electron chi connectivity index (χ1n) is 9.18. The maximum Gasteiger partial charge on any atom is 0.324 e. The molecule has 0 aliphatic heterocycles. The highest BCUT2D eigenvalue weighted by Crippen LogP contribution is 2.67. The van der Waals surface area contributed by atoms with E-state index in [2.05, 4.69) is 0 Å². The van der Waals surface area contributed by atoms with Gasteiger partial charge in [-0.25, -0.2) is 0 Å². The Morgan fingerprint density at radius 3 is 1.86 bits per heavy atom. The zero-order valence-corrected chi connectivity index (χ0v) is 16.7. The predicted octanol–water partition coefficient (Wildman–Crippen LogP) is 2.17. The van der Waals surface area contributed by atoms with Gasteiger partial charge in [0, 0.05) is 18.3 Å². The summed E-state index contributed by atoms with van der Waals surface area (Å²) >= 11 is 0. The first kappa shape index (κ1) is 24.1. The minimum atomic E-state index is -1.80. The van der Waals surface area contributed by atoms with Crippen LogP contribution in [0.15, 0.2) is 11.6 Å². The van der Waals surface area contributed by atoms with Crippen LogP contribution < -0.4 is 0 Å². The molecule has 0 saturated heterocycles. The van der Waals surface area contributed by atoms with Crippen LogP contribution in [-0.2, 0) is 14.4 Å². The summed E-state index contributed by atoms with van der Waals surface area (Å²) in [7, 11) is 0. The van der Waals surface area contributed by atoms with Gasteiger partial charge in [-0.15, -0.1) is 0 Å². The lowest BCUT2D eigenvalue weighted by molar-refractivity contribution is -0.198. The first-order valence-corrected chi connectivity index (χ1v) is 9.18. The van der Waals surface area contributed by atoms with Gasteiger partial charge in [0.05, 0.1) is 18.2 Å². The van der Waals surface area contributed by atoms with Gasteiger partial charge in [-0.05, 0) is 32.1 Å². The van der Waals surface area contributed by atoms with Crippen LogP contribution in [0.3, 0.4) is 0 Å². The highest BCUT2D eigenvalue weighted by atomic mass is 16.4. The molecule has 0 aromatic rings. The molecule has 9 heteroatoms. The van der Waals surface area contributed by atoms with Crippen LogP contribution in [0.5, 0.6) is 0 Å². The highest BCUT2D eigenvalue weighted by molar-refractivity contribution is 5.90. The smallest absolute Gasteiger partial charge is 0.324 e. The van der Waals surface area contributed by atoms with Crippen molar-refractivity contribution in [1.82, 2.24) is 0 Å². The van der Waals surface area contributed by atoms with E-state index in [4.69, 9.17) is 25.8 Å². The van der Waals surface area contributed by atoms with Gasteiger partial charge in [0.1, 0.15) is 0 Å². The van der Waals surface area contributed by atoms with Crippen LogP contribution >= 0.6 is 0 Å². The molecule has 0 radical (unpaired) electrons. The van der Waals surface area contributed by atoms with Gasteiger partial charge in [0.2, 0.25) is 0 Å². The SMILES string of the molecule is CC1(C)C(C#N)(C(=O)O)CC1(C#N)C(=O)O.CC1=CC(O)CCC1CCC(=O)O. The second-order valence-corrected chi connectivity index (χ2v) is 8.13. The molecule has 4 atom stereocenters. The number of rotatable bonds is 5.